The van der Waals surface area contributed by atoms with Crippen LogP contribution in [0.2, 0.25) is 0 Å². The van der Waals surface area contributed by atoms with Gasteiger partial charge in [-0.1, -0.05) is 18.1 Å². The number of hydrogen-bond acceptors (Lipinski definition) is 7. The van der Waals surface area contributed by atoms with Crippen molar-refractivity contribution in [1.82, 2.24) is 29.0 Å². The average molecular weight is 685 g/mol. The average Bonchev–Trinajstić information content (AvgIpc) is 3.72. The van der Waals surface area contributed by atoms with Crippen molar-refractivity contribution in [3.63, 3.8) is 0 Å². The number of nitrogens with zero attached hydrogens (tertiary/aromatic N) is 6. The molecule has 2 N–H and O–H groups in total. The van der Waals surface area contributed by atoms with Gasteiger partial charge in [0, 0.05) is 68.5 Å². The number of alkyl halides is 3. The summed E-state index contributed by atoms with van der Waals surface area (Å²) in [6, 6.07) is 13.1. The molecule has 1 aliphatic rings. The summed E-state index contributed by atoms with van der Waals surface area (Å²) in [5, 5.41) is 10.3. The summed E-state index contributed by atoms with van der Waals surface area (Å²) in [5.74, 6) is 5.77. The predicted octanol–water partition coefficient (Wildman–Crippen LogP) is 6.04. The number of likely N-dealkylation sites (N-methyl/N-ethyl adjacent to an activating group) is 1. The van der Waals surface area contributed by atoms with Gasteiger partial charge in [0.1, 0.15) is 5.69 Å². The first-order valence-corrected chi connectivity index (χ1v) is 16.3. The minimum Gasteiger partial charge on any atom is -0.383 e. The van der Waals surface area contributed by atoms with Crippen LogP contribution in [0.4, 0.5) is 30.2 Å². The summed E-state index contributed by atoms with van der Waals surface area (Å²) in [7, 11) is 3.66. The lowest BCUT2D eigenvalue weighted by atomic mass is 10.0. The second-order valence-electron chi connectivity index (χ2n) is 12.5. The second-order valence-corrected chi connectivity index (χ2v) is 12.5. The van der Waals surface area contributed by atoms with Gasteiger partial charge in [-0.15, -0.1) is 0 Å². The maximum Gasteiger partial charge on any atom is 0.416 e. The molecule has 0 unspecified atom stereocenters. The number of pyridine rings is 1. The lowest BCUT2D eigenvalue weighted by molar-refractivity contribution is -0.138. The van der Waals surface area contributed by atoms with Gasteiger partial charge in [0.05, 0.1) is 42.5 Å². The summed E-state index contributed by atoms with van der Waals surface area (Å²) in [5.41, 5.74) is 4.14. The monoisotopic (exact) mass is 684 g/mol. The van der Waals surface area contributed by atoms with Crippen molar-refractivity contribution in [3.05, 3.63) is 107 Å². The Hall–Kier alpha value is -5.16. The normalized spacial score (nSPS) is 15.5. The summed E-state index contributed by atoms with van der Waals surface area (Å²) in [6.07, 6.45) is 2.59. The zero-order valence-corrected chi connectivity index (χ0v) is 28.4. The van der Waals surface area contributed by atoms with E-state index < -0.39 is 17.6 Å². The van der Waals surface area contributed by atoms with Crippen molar-refractivity contribution in [3.8, 4) is 11.8 Å². The first kappa shape index (κ1) is 34.7. The van der Waals surface area contributed by atoms with Crippen LogP contribution in [0, 0.1) is 18.8 Å². The maximum atomic E-state index is 14.2. The fourth-order valence-corrected chi connectivity index (χ4v) is 5.89. The molecule has 0 bridgehead atoms. The van der Waals surface area contributed by atoms with Crippen LogP contribution in [0.25, 0.3) is 5.65 Å². The Morgan fingerprint density at radius 3 is 2.70 bits per heavy atom. The number of fused-ring (bicyclic) bond motifs is 1. The van der Waals surface area contributed by atoms with Crippen molar-refractivity contribution in [2.75, 3.05) is 51.0 Å². The molecule has 1 amide bonds. The van der Waals surface area contributed by atoms with Gasteiger partial charge in [-0.3, -0.25) is 18.8 Å². The number of nitrogens with one attached hydrogen (secondary N) is 2. The van der Waals surface area contributed by atoms with E-state index >= 15 is 0 Å². The molecule has 2 aromatic carbocycles. The smallest absolute Gasteiger partial charge is 0.383 e. The fraction of sp³-hybridized carbons (Fsp3) is 0.324. The predicted molar refractivity (Wildman–Crippen MR) is 187 cm³/mol. The molecule has 13 heteroatoms. The van der Waals surface area contributed by atoms with Crippen LogP contribution in [0.1, 0.15) is 45.2 Å². The molecule has 0 aliphatic carbocycles. The quantitative estimate of drug-likeness (QED) is 0.183. The minimum absolute atomic E-state index is 0.0727. The third-order valence-electron chi connectivity index (χ3n) is 8.91. The van der Waals surface area contributed by atoms with E-state index in [0.717, 1.165) is 29.5 Å². The van der Waals surface area contributed by atoms with Gasteiger partial charge in [-0.05, 0) is 74.3 Å². The van der Waals surface area contributed by atoms with Gasteiger partial charge in [0.25, 0.3) is 5.91 Å². The summed E-state index contributed by atoms with van der Waals surface area (Å²) in [4.78, 5) is 22.1. The molecule has 50 heavy (non-hydrogen) atoms. The lowest BCUT2D eigenvalue weighted by Crippen LogP contribution is -2.49. The summed E-state index contributed by atoms with van der Waals surface area (Å²) < 4.78 is 51.3. The molecule has 1 aliphatic heterocycles. The first-order chi connectivity index (χ1) is 24.0. The van der Waals surface area contributed by atoms with Crippen molar-refractivity contribution >= 4 is 28.6 Å². The number of anilines is 3. The van der Waals surface area contributed by atoms with E-state index in [9.17, 15) is 18.0 Å². The van der Waals surface area contributed by atoms with E-state index in [1.54, 1.807) is 42.4 Å². The number of imidazole rings is 1. The van der Waals surface area contributed by atoms with Crippen LogP contribution in [0.15, 0.2) is 73.3 Å². The SMILES string of the molecule is COCCn1cc(Nc2cccn3c(C#Cc4cc(C(=O)Nc5ccc(CN6CCN(C)[C@H](C)C6)c(C(F)(F)F)c5)ccc4C)cnc23)cn1. The Labute approximate surface area is 288 Å². The molecule has 1 saturated heterocycles. The highest BCUT2D eigenvalue weighted by Crippen LogP contribution is 2.35. The van der Waals surface area contributed by atoms with Crippen molar-refractivity contribution in [2.45, 2.75) is 39.2 Å². The molecule has 6 rings (SSSR count). The van der Waals surface area contributed by atoms with Gasteiger partial charge < -0.3 is 20.3 Å². The molecule has 0 radical (unpaired) electrons. The highest BCUT2D eigenvalue weighted by molar-refractivity contribution is 6.04. The molecule has 3 aromatic heterocycles. The number of benzene rings is 2. The Morgan fingerprint density at radius 1 is 1.08 bits per heavy atom. The number of halogens is 3. The number of carbonyl (C=O) groups is 1. The number of amides is 1. The second kappa shape index (κ2) is 14.8. The third kappa shape index (κ3) is 8.00. The largest absolute Gasteiger partial charge is 0.416 e. The van der Waals surface area contributed by atoms with Crippen molar-refractivity contribution < 1.29 is 22.7 Å². The number of hydrogen-bond donors (Lipinski definition) is 2. The zero-order chi connectivity index (χ0) is 35.4. The molecule has 1 fully saturated rings. The summed E-state index contributed by atoms with van der Waals surface area (Å²) >= 11 is 0. The van der Waals surface area contributed by atoms with Gasteiger partial charge >= 0.3 is 6.18 Å². The summed E-state index contributed by atoms with van der Waals surface area (Å²) in [6.45, 7) is 7.49. The number of methoxy groups -OCH3 is 1. The Kier molecular flexibility index (Phi) is 10.2. The number of rotatable bonds is 9. The van der Waals surface area contributed by atoms with E-state index in [1.807, 2.05) is 47.8 Å². The maximum absolute atomic E-state index is 14.2. The molecule has 0 spiro atoms. The third-order valence-corrected chi connectivity index (χ3v) is 8.91. The molecular weight excluding hydrogens is 645 g/mol. The van der Waals surface area contributed by atoms with Crippen LogP contribution in [0.3, 0.4) is 0 Å². The standard InChI is InChI=1S/C37H39F3N8O2/c1-25-7-8-28(36(49)44-30-11-9-29(33(19-30)37(38,39)40)23-46-15-14-45(3)26(2)22-46)18-27(25)10-12-32-21-41-35-34(6-5-13-48(32)35)43-31-20-42-47(24-31)16-17-50-4/h5-9,11,13,18-21,24,26,43H,14-17,22-23H2,1-4H3,(H,44,49)/t26-/m1/s1. The number of aromatic nitrogens is 4. The number of ether oxygens (including phenoxy) is 1. The number of piperazine rings is 1. The molecule has 1 atom stereocenters. The molecular formula is C37H39F3N8O2. The lowest BCUT2D eigenvalue weighted by Gasteiger charge is -2.38. The molecule has 5 aromatic rings. The fourth-order valence-electron chi connectivity index (χ4n) is 5.89. The van der Waals surface area contributed by atoms with Crippen LogP contribution in [-0.4, -0.2) is 81.3 Å². The molecule has 10 nitrogen and oxygen atoms in total. The van der Waals surface area contributed by atoms with Crippen molar-refractivity contribution in [1.29, 1.82) is 0 Å². The van der Waals surface area contributed by atoms with E-state index in [0.29, 0.717) is 43.1 Å². The number of aryl methyl sites for hydroxylation is 1. The van der Waals surface area contributed by atoms with Crippen molar-refractivity contribution in [2.24, 2.45) is 0 Å². The van der Waals surface area contributed by atoms with Gasteiger partial charge in [-0.25, -0.2) is 4.98 Å². The van der Waals surface area contributed by atoms with Gasteiger partial charge in [0.15, 0.2) is 5.65 Å². The van der Waals surface area contributed by atoms with E-state index in [4.69, 9.17) is 4.74 Å². The highest BCUT2D eigenvalue weighted by atomic mass is 19.4. The topological polar surface area (TPSA) is 92.0 Å². The van der Waals surface area contributed by atoms with E-state index in [2.05, 4.69) is 44.4 Å². The Bertz CT molecular complexity index is 2060. The van der Waals surface area contributed by atoms with E-state index in [1.165, 1.54) is 12.1 Å². The van der Waals surface area contributed by atoms with Gasteiger partial charge in [0.2, 0.25) is 0 Å². The Morgan fingerprint density at radius 2 is 1.92 bits per heavy atom. The minimum atomic E-state index is -4.57. The molecule has 0 saturated carbocycles. The van der Waals surface area contributed by atoms with Crippen LogP contribution in [-0.2, 0) is 24.0 Å². The van der Waals surface area contributed by atoms with Crippen LogP contribution in [0.5, 0.6) is 0 Å². The Balaban J connectivity index is 1.18. The zero-order valence-electron chi connectivity index (χ0n) is 28.4. The number of carbonyl (C=O) groups excluding carboxylic acids is 1. The molecule has 4 heterocycles. The highest BCUT2D eigenvalue weighted by Gasteiger charge is 2.34. The van der Waals surface area contributed by atoms with Crippen LogP contribution < -0.4 is 10.6 Å². The first-order valence-electron chi connectivity index (χ1n) is 16.3. The molecule has 260 valence electrons. The van der Waals surface area contributed by atoms with Gasteiger partial charge in [-0.2, -0.15) is 18.3 Å². The van der Waals surface area contributed by atoms with Crippen LogP contribution >= 0.6 is 0 Å². The van der Waals surface area contributed by atoms with E-state index in [-0.39, 0.29) is 29.4 Å².